The lowest BCUT2D eigenvalue weighted by atomic mass is 10.1. The van der Waals surface area contributed by atoms with E-state index in [1.807, 2.05) is 19.1 Å². The SMILES string of the molecule is Cc1cc(C)cc(NCc2c(C)oc3ccccc23)c1. The molecule has 0 fully saturated rings. The number of anilines is 1. The van der Waals surface area contributed by atoms with Crippen LogP contribution in [0.1, 0.15) is 22.5 Å². The van der Waals surface area contributed by atoms with Gasteiger partial charge in [-0.1, -0.05) is 24.3 Å². The maximum Gasteiger partial charge on any atom is 0.134 e. The minimum absolute atomic E-state index is 0.783. The van der Waals surface area contributed by atoms with Crippen LogP contribution in [0.3, 0.4) is 0 Å². The molecule has 0 atom stereocenters. The second-order valence-electron chi connectivity index (χ2n) is 5.36. The van der Waals surface area contributed by atoms with Crippen molar-refractivity contribution in [3.05, 3.63) is 64.9 Å². The normalized spacial score (nSPS) is 10.9. The van der Waals surface area contributed by atoms with Crippen LogP contribution >= 0.6 is 0 Å². The molecule has 0 radical (unpaired) electrons. The third kappa shape index (κ3) is 2.42. The molecule has 1 aromatic heterocycles. The lowest BCUT2D eigenvalue weighted by molar-refractivity contribution is 0.573. The molecule has 3 rings (SSSR count). The van der Waals surface area contributed by atoms with Crippen molar-refractivity contribution in [3.63, 3.8) is 0 Å². The molecule has 2 aromatic carbocycles. The van der Waals surface area contributed by atoms with Gasteiger partial charge in [0.1, 0.15) is 11.3 Å². The van der Waals surface area contributed by atoms with Crippen LogP contribution in [0.2, 0.25) is 0 Å². The fourth-order valence-electron chi connectivity index (χ4n) is 2.71. The molecule has 0 saturated carbocycles. The largest absolute Gasteiger partial charge is 0.461 e. The molecule has 2 heteroatoms. The molecule has 102 valence electrons. The highest BCUT2D eigenvalue weighted by molar-refractivity contribution is 5.82. The number of hydrogen-bond donors (Lipinski definition) is 1. The Hall–Kier alpha value is -2.22. The summed E-state index contributed by atoms with van der Waals surface area (Å²) in [6.07, 6.45) is 0. The topological polar surface area (TPSA) is 25.2 Å². The maximum atomic E-state index is 5.79. The number of aryl methyl sites for hydroxylation is 3. The third-order valence-electron chi connectivity index (χ3n) is 3.59. The zero-order valence-electron chi connectivity index (χ0n) is 12.2. The lowest BCUT2D eigenvalue weighted by Gasteiger charge is -2.08. The molecular formula is C18H19NO. The van der Waals surface area contributed by atoms with Crippen molar-refractivity contribution in [2.75, 3.05) is 5.32 Å². The van der Waals surface area contributed by atoms with E-state index < -0.39 is 0 Å². The van der Waals surface area contributed by atoms with E-state index in [2.05, 4.69) is 49.5 Å². The van der Waals surface area contributed by atoms with Gasteiger partial charge in [-0.25, -0.2) is 0 Å². The zero-order valence-corrected chi connectivity index (χ0v) is 12.2. The summed E-state index contributed by atoms with van der Waals surface area (Å²) in [7, 11) is 0. The molecule has 3 aromatic rings. The Bertz CT molecular complexity index is 735. The first kappa shape index (κ1) is 12.8. The Morgan fingerprint density at radius 3 is 2.40 bits per heavy atom. The molecular weight excluding hydrogens is 246 g/mol. The Morgan fingerprint density at radius 1 is 0.950 bits per heavy atom. The maximum absolute atomic E-state index is 5.79. The molecule has 0 saturated heterocycles. The molecule has 20 heavy (non-hydrogen) atoms. The second-order valence-corrected chi connectivity index (χ2v) is 5.36. The van der Waals surface area contributed by atoms with Crippen molar-refractivity contribution in [2.45, 2.75) is 27.3 Å². The summed E-state index contributed by atoms with van der Waals surface area (Å²) in [5.74, 6) is 0.989. The first-order valence-corrected chi connectivity index (χ1v) is 6.92. The van der Waals surface area contributed by atoms with E-state index in [0.29, 0.717) is 0 Å². The molecule has 0 aliphatic rings. The van der Waals surface area contributed by atoms with Crippen LogP contribution in [0.4, 0.5) is 5.69 Å². The number of hydrogen-bond acceptors (Lipinski definition) is 2. The van der Waals surface area contributed by atoms with Gasteiger partial charge in [0, 0.05) is 23.2 Å². The Morgan fingerprint density at radius 2 is 1.65 bits per heavy atom. The number of furan rings is 1. The minimum Gasteiger partial charge on any atom is -0.461 e. The number of benzene rings is 2. The Kier molecular flexibility index (Phi) is 3.23. The van der Waals surface area contributed by atoms with Crippen molar-refractivity contribution >= 4 is 16.7 Å². The number of nitrogens with one attached hydrogen (secondary N) is 1. The van der Waals surface area contributed by atoms with Gasteiger partial charge < -0.3 is 9.73 Å². The van der Waals surface area contributed by atoms with Crippen LogP contribution in [0, 0.1) is 20.8 Å². The van der Waals surface area contributed by atoms with E-state index in [-0.39, 0.29) is 0 Å². The lowest BCUT2D eigenvalue weighted by Crippen LogP contribution is -2.00. The number of fused-ring (bicyclic) bond motifs is 1. The van der Waals surface area contributed by atoms with Crippen molar-refractivity contribution < 1.29 is 4.42 Å². The van der Waals surface area contributed by atoms with Gasteiger partial charge in [-0.3, -0.25) is 0 Å². The van der Waals surface area contributed by atoms with E-state index in [0.717, 1.165) is 23.6 Å². The van der Waals surface area contributed by atoms with Gasteiger partial charge in [-0.15, -0.1) is 0 Å². The second kappa shape index (κ2) is 5.04. The summed E-state index contributed by atoms with van der Waals surface area (Å²) in [6, 6.07) is 14.7. The number of para-hydroxylation sites is 1. The molecule has 0 aliphatic heterocycles. The minimum atomic E-state index is 0.783. The summed E-state index contributed by atoms with van der Waals surface area (Å²) >= 11 is 0. The van der Waals surface area contributed by atoms with Crippen LogP contribution in [0.25, 0.3) is 11.0 Å². The highest BCUT2D eigenvalue weighted by Gasteiger charge is 2.09. The van der Waals surface area contributed by atoms with Crippen LogP contribution in [-0.4, -0.2) is 0 Å². The van der Waals surface area contributed by atoms with E-state index in [1.165, 1.54) is 22.1 Å². The van der Waals surface area contributed by atoms with E-state index in [4.69, 9.17) is 4.42 Å². The first-order chi connectivity index (χ1) is 9.63. The van der Waals surface area contributed by atoms with Crippen molar-refractivity contribution in [1.82, 2.24) is 0 Å². The molecule has 0 aliphatic carbocycles. The van der Waals surface area contributed by atoms with Crippen molar-refractivity contribution in [3.8, 4) is 0 Å². The standard InChI is InChI=1S/C18H19NO/c1-12-8-13(2)10-15(9-12)19-11-17-14(3)20-18-7-5-4-6-16(17)18/h4-10,19H,11H2,1-3H3. The average molecular weight is 265 g/mol. The fourth-order valence-corrected chi connectivity index (χ4v) is 2.71. The summed E-state index contributed by atoms with van der Waals surface area (Å²) in [5, 5.41) is 4.70. The smallest absolute Gasteiger partial charge is 0.134 e. The quantitative estimate of drug-likeness (QED) is 0.723. The fraction of sp³-hybridized carbons (Fsp3) is 0.222. The predicted molar refractivity (Wildman–Crippen MR) is 84.2 cm³/mol. The Labute approximate surface area is 119 Å². The van der Waals surface area contributed by atoms with Gasteiger partial charge in [0.15, 0.2) is 0 Å². The average Bonchev–Trinajstić information content (AvgIpc) is 2.71. The van der Waals surface area contributed by atoms with Gasteiger partial charge in [0.05, 0.1) is 0 Å². The summed E-state index contributed by atoms with van der Waals surface area (Å²) in [4.78, 5) is 0. The highest BCUT2D eigenvalue weighted by atomic mass is 16.3. The highest BCUT2D eigenvalue weighted by Crippen LogP contribution is 2.26. The van der Waals surface area contributed by atoms with Crippen molar-refractivity contribution in [2.24, 2.45) is 0 Å². The van der Waals surface area contributed by atoms with E-state index >= 15 is 0 Å². The van der Waals surface area contributed by atoms with Gasteiger partial charge in [0.25, 0.3) is 0 Å². The summed E-state index contributed by atoms with van der Waals surface area (Å²) in [6.45, 7) is 7.05. The molecule has 1 N–H and O–H groups in total. The van der Waals surface area contributed by atoms with E-state index in [9.17, 15) is 0 Å². The van der Waals surface area contributed by atoms with E-state index in [1.54, 1.807) is 0 Å². The summed E-state index contributed by atoms with van der Waals surface area (Å²) < 4.78 is 5.79. The molecule has 0 amide bonds. The zero-order chi connectivity index (χ0) is 14.1. The molecule has 2 nitrogen and oxygen atoms in total. The molecule has 0 spiro atoms. The van der Waals surface area contributed by atoms with Crippen LogP contribution in [0.5, 0.6) is 0 Å². The first-order valence-electron chi connectivity index (χ1n) is 6.92. The number of rotatable bonds is 3. The van der Waals surface area contributed by atoms with Crippen LogP contribution in [-0.2, 0) is 6.54 Å². The monoisotopic (exact) mass is 265 g/mol. The van der Waals surface area contributed by atoms with Gasteiger partial charge in [0.2, 0.25) is 0 Å². The van der Waals surface area contributed by atoms with Gasteiger partial charge >= 0.3 is 0 Å². The molecule has 0 unspecified atom stereocenters. The van der Waals surface area contributed by atoms with Gasteiger partial charge in [-0.05, 0) is 50.1 Å². The predicted octanol–water partition coefficient (Wildman–Crippen LogP) is 4.97. The van der Waals surface area contributed by atoms with Crippen molar-refractivity contribution in [1.29, 1.82) is 0 Å². The summed E-state index contributed by atoms with van der Waals surface area (Å²) in [5.41, 5.74) is 5.91. The molecule has 0 bridgehead atoms. The van der Waals surface area contributed by atoms with Crippen LogP contribution < -0.4 is 5.32 Å². The van der Waals surface area contributed by atoms with Gasteiger partial charge in [-0.2, -0.15) is 0 Å². The molecule has 1 heterocycles. The van der Waals surface area contributed by atoms with Crippen LogP contribution in [0.15, 0.2) is 46.9 Å². The Balaban J connectivity index is 1.88. The third-order valence-corrected chi connectivity index (χ3v) is 3.59.